The van der Waals surface area contributed by atoms with E-state index in [-0.39, 0.29) is 0 Å². The van der Waals surface area contributed by atoms with Crippen molar-refractivity contribution in [1.29, 1.82) is 5.26 Å². The topological polar surface area (TPSA) is 114 Å². The molecule has 0 atom stereocenters. The fourth-order valence-corrected chi connectivity index (χ4v) is 1.77. The number of hydrogen-bond acceptors (Lipinski definition) is 6. The van der Waals surface area contributed by atoms with Crippen LogP contribution in [0.4, 0.5) is 14.5 Å². The maximum Gasteiger partial charge on any atom is 0.292 e. The molecular formula is C7H2ClF2N3O4S. The SMILES string of the molecule is N#Cc1c([N+](=O)[O-])cc(S(=O)(=O)Cl)nc1C(F)F. The summed E-state index contributed by atoms with van der Waals surface area (Å²) in [6, 6.07) is 1.54. The zero-order valence-corrected chi connectivity index (χ0v) is 9.74. The molecule has 0 aliphatic rings. The molecule has 0 saturated heterocycles. The number of aromatic nitrogens is 1. The van der Waals surface area contributed by atoms with E-state index in [2.05, 4.69) is 4.98 Å². The highest BCUT2D eigenvalue weighted by Gasteiger charge is 2.29. The minimum atomic E-state index is -4.53. The minimum Gasteiger partial charge on any atom is -0.258 e. The molecule has 1 aromatic rings. The molecule has 1 aromatic heterocycles. The molecule has 7 nitrogen and oxygen atoms in total. The number of halogens is 3. The van der Waals surface area contributed by atoms with Crippen molar-refractivity contribution < 1.29 is 22.1 Å². The second kappa shape index (κ2) is 4.79. The average Bonchev–Trinajstić information content (AvgIpc) is 2.25. The molecule has 0 saturated carbocycles. The molecule has 0 fully saturated rings. The summed E-state index contributed by atoms with van der Waals surface area (Å²) in [5.74, 6) is 0. The summed E-state index contributed by atoms with van der Waals surface area (Å²) in [6.07, 6.45) is -3.35. The van der Waals surface area contributed by atoms with Crippen molar-refractivity contribution in [3.05, 3.63) is 27.4 Å². The van der Waals surface area contributed by atoms with Gasteiger partial charge in [0, 0.05) is 10.7 Å². The van der Waals surface area contributed by atoms with Crippen LogP contribution in [0.25, 0.3) is 0 Å². The van der Waals surface area contributed by atoms with Gasteiger partial charge in [-0.2, -0.15) is 5.26 Å². The van der Waals surface area contributed by atoms with Crippen LogP contribution in [0.5, 0.6) is 0 Å². The van der Waals surface area contributed by atoms with Crippen LogP contribution >= 0.6 is 10.7 Å². The normalized spacial score (nSPS) is 11.3. The van der Waals surface area contributed by atoms with Gasteiger partial charge in [-0.25, -0.2) is 22.2 Å². The first kappa shape index (κ1) is 14.2. The number of pyridine rings is 1. The van der Waals surface area contributed by atoms with Gasteiger partial charge >= 0.3 is 0 Å². The Morgan fingerprint density at radius 3 is 2.44 bits per heavy atom. The van der Waals surface area contributed by atoms with Crippen molar-refractivity contribution in [2.45, 2.75) is 11.5 Å². The molecule has 0 aliphatic heterocycles. The minimum absolute atomic E-state index is 0.354. The van der Waals surface area contributed by atoms with Crippen LogP contribution in [-0.2, 0) is 9.05 Å². The van der Waals surface area contributed by atoms with E-state index in [9.17, 15) is 27.3 Å². The molecular weight excluding hydrogens is 296 g/mol. The molecule has 0 spiro atoms. The molecule has 0 aromatic carbocycles. The lowest BCUT2D eigenvalue weighted by atomic mass is 10.2. The Balaban J connectivity index is 3.78. The van der Waals surface area contributed by atoms with Gasteiger partial charge in [0.1, 0.15) is 11.8 Å². The number of nitro groups is 1. The third kappa shape index (κ3) is 2.69. The molecule has 18 heavy (non-hydrogen) atoms. The third-order valence-corrected chi connectivity index (χ3v) is 2.95. The fraction of sp³-hybridized carbons (Fsp3) is 0.143. The number of nitrogens with zero attached hydrogens (tertiary/aromatic N) is 3. The Bertz CT molecular complexity index is 655. The predicted molar refractivity (Wildman–Crippen MR) is 53.6 cm³/mol. The van der Waals surface area contributed by atoms with Crippen LogP contribution in [-0.4, -0.2) is 18.3 Å². The van der Waals surface area contributed by atoms with E-state index in [1.165, 1.54) is 6.07 Å². The predicted octanol–water partition coefficient (Wildman–Crippen LogP) is 1.73. The Morgan fingerprint density at radius 2 is 2.11 bits per heavy atom. The molecule has 0 radical (unpaired) electrons. The van der Waals surface area contributed by atoms with Crippen molar-refractivity contribution in [3.63, 3.8) is 0 Å². The molecule has 0 unspecified atom stereocenters. The van der Waals surface area contributed by atoms with Gasteiger partial charge in [0.05, 0.1) is 11.0 Å². The molecule has 96 valence electrons. The van der Waals surface area contributed by atoms with Gasteiger partial charge in [-0.05, 0) is 0 Å². The lowest BCUT2D eigenvalue weighted by Crippen LogP contribution is -2.06. The van der Waals surface area contributed by atoms with Crippen LogP contribution in [0.1, 0.15) is 17.7 Å². The molecule has 0 N–H and O–H groups in total. The van der Waals surface area contributed by atoms with Gasteiger partial charge in [0.15, 0.2) is 10.6 Å². The molecule has 11 heteroatoms. The number of nitriles is 1. The van der Waals surface area contributed by atoms with Crippen molar-refractivity contribution in [1.82, 2.24) is 4.98 Å². The highest BCUT2D eigenvalue weighted by molar-refractivity contribution is 8.13. The Kier molecular flexibility index (Phi) is 3.78. The van der Waals surface area contributed by atoms with Crippen LogP contribution in [0.3, 0.4) is 0 Å². The van der Waals surface area contributed by atoms with E-state index in [4.69, 9.17) is 15.9 Å². The van der Waals surface area contributed by atoms with Crippen LogP contribution in [0.15, 0.2) is 11.1 Å². The van der Waals surface area contributed by atoms with Gasteiger partial charge < -0.3 is 0 Å². The van der Waals surface area contributed by atoms with E-state index in [1.54, 1.807) is 0 Å². The Labute approximate surface area is 103 Å². The summed E-state index contributed by atoms with van der Waals surface area (Å²) in [5.41, 5.74) is -3.40. The number of alkyl halides is 2. The van der Waals surface area contributed by atoms with Crippen molar-refractivity contribution in [2.24, 2.45) is 0 Å². The Morgan fingerprint density at radius 1 is 1.56 bits per heavy atom. The quantitative estimate of drug-likeness (QED) is 0.477. The van der Waals surface area contributed by atoms with Crippen LogP contribution < -0.4 is 0 Å². The van der Waals surface area contributed by atoms with Gasteiger partial charge in [0.2, 0.25) is 0 Å². The first-order valence-electron chi connectivity index (χ1n) is 4.00. The zero-order valence-electron chi connectivity index (χ0n) is 8.17. The average molecular weight is 298 g/mol. The van der Waals surface area contributed by atoms with Gasteiger partial charge in [-0.3, -0.25) is 10.1 Å². The largest absolute Gasteiger partial charge is 0.292 e. The summed E-state index contributed by atoms with van der Waals surface area (Å²) >= 11 is 0. The van der Waals surface area contributed by atoms with Gasteiger partial charge in [0.25, 0.3) is 21.2 Å². The van der Waals surface area contributed by atoms with Crippen LogP contribution in [0, 0.1) is 21.4 Å². The molecule has 0 amide bonds. The molecule has 1 rings (SSSR count). The second-order valence-electron chi connectivity index (χ2n) is 2.85. The highest BCUT2D eigenvalue weighted by atomic mass is 35.7. The van der Waals surface area contributed by atoms with E-state index in [0.717, 1.165) is 0 Å². The first-order valence-corrected chi connectivity index (χ1v) is 6.31. The van der Waals surface area contributed by atoms with Crippen molar-refractivity contribution >= 4 is 25.4 Å². The smallest absolute Gasteiger partial charge is 0.258 e. The van der Waals surface area contributed by atoms with Crippen molar-refractivity contribution in [3.8, 4) is 6.07 Å². The number of hydrogen-bond donors (Lipinski definition) is 0. The lowest BCUT2D eigenvalue weighted by molar-refractivity contribution is -0.385. The maximum absolute atomic E-state index is 12.6. The maximum atomic E-state index is 12.6. The lowest BCUT2D eigenvalue weighted by Gasteiger charge is -2.04. The highest BCUT2D eigenvalue weighted by Crippen LogP contribution is 2.30. The van der Waals surface area contributed by atoms with Crippen molar-refractivity contribution in [2.75, 3.05) is 0 Å². The van der Waals surface area contributed by atoms with E-state index >= 15 is 0 Å². The van der Waals surface area contributed by atoms with Gasteiger partial charge in [-0.15, -0.1) is 0 Å². The number of rotatable bonds is 3. The summed E-state index contributed by atoms with van der Waals surface area (Å²) in [4.78, 5) is 12.4. The summed E-state index contributed by atoms with van der Waals surface area (Å²) in [7, 11) is 0.341. The monoisotopic (exact) mass is 297 g/mol. The van der Waals surface area contributed by atoms with Crippen LogP contribution in [0.2, 0.25) is 0 Å². The standard InChI is InChI=1S/C7H2ClF2N3O4S/c8-18(16,17)5-1-4(13(14)15)3(2-11)6(12-5)7(9)10/h1,7H. The van der Waals surface area contributed by atoms with Gasteiger partial charge in [-0.1, -0.05) is 0 Å². The third-order valence-electron chi connectivity index (χ3n) is 1.77. The summed E-state index contributed by atoms with van der Waals surface area (Å²) in [5, 5.41) is 18.1. The second-order valence-corrected chi connectivity index (χ2v) is 5.36. The summed E-state index contributed by atoms with van der Waals surface area (Å²) in [6.45, 7) is 0. The van der Waals surface area contributed by atoms with E-state index < -0.39 is 42.4 Å². The molecule has 1 heterocycles. The summed E-state index contributed by atoms with van der Waals surface area (Å²) < 4.78 is 47.0. The van der Waals surface area contributed by atoms with E-state index in [1.807, 2.05) is 0 Å². The molecule has 0 bridgehead atoms. The molecule has 0 aliphatic carbocycles. The first-order chi connectivity index (χ1) is 8.18. The zero-order chi connectivity index (χ0) is 14.1. The van der Waals surface area contributed by atoms with E-state index in [0.29, 0.717) is 6.07 Å². The fourth-order valence-electron chi connectivity index (χ4n) is 1.07. The Hall–Kier alpha value is -1.86.